The summed E-state index contributed by atoms with van der Waals surface area (Å²) < 4.78 is 0. The Balaban J connectivity index is 2.00. The van der Waals surface area contributed by atoms with Gasteiger partial charge in [0.25, 0.3) is 0 Å². The first-order valence-corrected chi connectivity index (χ1v) is 8.35. The van der Waals surface area contributed by atoms with Gasteiger partial charge in [-0.05, 0) is 60.7 Å². The first-order chi connectivity index (χ1) is 10.8. The van der Waals surface area contributed by atoms with E-state index in [4.69, 9.17) is 0 Å². The number of benzene rings is 2. The molecule has 0 saturated carbocycles. The van der Waals surface area contributed by atoms with E-state index in [0.29, 0.717) is 0 Å². The molecule has 0 fully saturated rings. The van der Waals surface area contributed by atoms with Crippen molar-refractivity contribution >= 4 is 5.57 Å². The van der Waals surface area contributed by atoms with Gasteiger partial charge in [0.15, 0.2) is 0 Å². The third kappa shape index (κ3) is 3.15. The molecule has 0 N–H and O–H groups in total. The van der Waals surface area contributed by atoms with Gasteiger partial charge in [0.2, 0.25) is 0 Å². The molecule has 1 aliphatic rings. The van der Waals surface area contributed by atoms with Crippen molar-refractivity contribution in [1.82, 2.24) is 4.90 Å². The summed E-state index contributed by atoms with van der Waals surface area (Å²) >= 11 is 0. The molecule has 2 aromatic carbocycles. The zero-order valence-electron chi connectivity index (χ0n) is 13.7. The highest BCUT2D eigenvalue weighted by atomic mass is 15.1. The van der Waals surface area contributed by atoms with Gasteiger partial charge in [-0.15, -0.1) is 0 Å². The molecule has 3 rings (SSSR count). The third-order valence-corrected chi connectivity index (χ3v) is 4.68. The molecule has 0 unspecified atom stereocenters. The largest absolute Gasteiger partial charge is 0.306 e. The SMILES string of the molecule is CCN(C)CCC=C1c2ccccc2CCc2ccccc21. The molecule has 1 aliphatic carbocycles. The summed E-state index contributed by atoms with van der Waals surface area (Å²) in [6.07, 6.45) is 5.82. The lowest BCUT2D eigenvalue weighted by atomic mass is 9.93. The Bertz CT molecular complexity index is 620. The van der Waals surface area contributed by atoms with E-state index >= 15 is 0 Å². The van der Waals surface area contributed by atoms with Crippen LogP contribution < -0.4 is 0 Å². The van der Waals surface area contributed by atoms with Crippen molar-refractivity contribution in [2.75, 3.05) is 20.1 Å². The molecule has 0 aromatic heterocycles. The Labute approximate surface area is 134 Å². The van der Waals surface area contributed by atoms with E-state index in [1.807, 2.05) is 0 Å². The van der Waals surface area contributed by atoms with Gasteiger partial charge in [-0.3, -0.25) is 0 Å². The number of nitrogens with zero attached hydrogens (tertiary/aromatic N) is 1. The maximum atomic E-state index is 2.44. The fourth-order valence-corrected chi connectivity index (χ4v) is 3.22. The molecule has 0 bridgehead atoms. The lowest BCUT2D eigenvalue weighted by Gasteiger charge is -2.14. The summed E-state index contributed by atoms with van der Waals surface area (Å²) in [5.41, 5.74) is 7.23. The maximum absolute atomic E-state index is 2.44. The van der Waals surface area contributed by atoms with Gasteiger partial charge in [0.05, 0.1) is 0 Å². The molecule has 0 aliphatic heterocycles. The van der Waals surface area contributed by atoms with Crippen molar-refractivity contribution in [3.8, 4) is 0 Å². The van der Waals surface area contributed by atoms with E-state index in [9.17, 15) is 0 Å². The normalized spacial score (nSPS) is 13.5. The smallest absolute Gasteiger partial charge is 0.00131 e. The van der Waals surface area contributed by atoms with Crippen LogP contribution in [0, 0.1) is 0 Å². The van der Waals surface area contributed by atoms with Crippen LogP contribution >= 0.6 is 0 Å². The first kappa shape index (κ1) is 15.1. The summed E-state index contributed by atoms with van der Waals surface area (Å²) in [7, 11) is 2.19. The average molecular weight is 291 g/mol. The average Bonchev–Trinajstić information content (AvgIpc) is 2.72. The minimum atomic E-state index is 1.10. The fourth-order valence-electron chi connectivity index (χ4n) is 3.22. The summed E-state index contributed by atoms with van der Waals surface area (Å²) in [6.45, 7) is 4.43. The molecule has 114 valence electrons. The monoisotopic (exact) mass is 291 g/mol. The molecule has 0 saturated heterocycles. The molecule has 0 heterocycles. The van der Waals surface area contributed by atoms with Crippen LogP contribution in [0.4, 0.5) is 0 Å². The topological polar surface area (TPSA) is 3.24 Å². The van der Waals surface area contributed by atoms with Crippen LogP contribution in [0.25, 0.3) is 5.57 Å². The number of rotatable bonds is 4. The molecule has 1 heteroatoms. The Hall–Kier alpha value is -1.86. The second kappa shape index (κ2) is 6.93. The standard InChI is InChI=1S/C21H25N/c1-3-22(2)16-8-13-21-19-11-6-4-9-17(19)14-15-18-10-5-7-12-20(18)21/h4-7,9-13H,3,8,14-16H2,1-2H3. The van der Waals surface area contributed by atoms with E-state index in [1.54, 1.807) is 0 Å². The highest BCUT2D eigenvalue weighted by Gasteiger charge is 2.16. The van der Waals surface area contributed by atoms with Crippen LogP contribution in [-0.4, -0.2) is 25.0 Å². The Morgan fingerprint density at radius 2 is 1.45 bits per heavy atom. The summed E-state index contributed by atoms with van der Waals surface area (Å²) in [4.78, 5) is 2.37. The van der Waals surface area contributed by atoms with E-state index in [2.05, 4.69) is 73.5 Å². The van der Waals surface area contributed by atoms with Crippen LogP contribution in [0.5, 0.6) is 0 Å². The zero-order valence-corrected chi connectivity index (χ0v) is 13.7. The molecular formula is C21H25N. The van der Waals surface area contributed by atoms with Gasteiger partial charge in [-0.25, -0.2) is 0 Å². The molecule has 0 amide bonds. The van der Waals surface area contributed by atoms with Gasteiger partial charge in [-0.2, -0.15) is 0 Å². The Kier molecular flexibility index (Phi) is 4.74. The van der Waals surface area contributed by atoms with Gasteiger partial charge in [0.1, 0.15) is 0 Å². The van der Waals surface area contributed by atoms with E-state index in [0.717, 1.165) is 32.4 Å². The predicted octanol–water partition coefficient (Wildman–Crippen LogP) is 4.56. The number of aryl methyl sites for hydroxylation is 2. The van der Waals surface area contributed by atoms with Gasteiger partial charge < -0.3 is 4.90 Å². The quantitative estimate of drug-likeness (QED) is 0.798. The van der Waals surface area contributed by atoms with Crippen LogP contribution in [0.1, 0.15) is 35.6 Å². The van der Waals surface area contributed by atoms with E-state index < -0.39 is 0 Å². The van der Waals surface area contributed by atoms with Crippen LogP contribution in [0.3, 0.4) is 0 Å². The molecule has 0 radical (unpaired) electrons. The fraction of sp³-hybridized carbons (Fsp3) is 0.333. The molecule has 1 nitrogen and oxygen atoms in total. The molecule has 0 spiro atoms. The molecule has 0 atom stereocenters. The van der Waals surface area contributed by atoms with Crippen LogP contribution in [0.15, 0.2) is 54.6 Å². The van der Waals surface area contributed by atoms with Crippen molar-refractivity contribution < 1.29 is 0 Å². The van der Waals surface area contributed by atoms with Crippen molar-refractivity contribution in [2.24, 2.45) is 0 Å². The van der Waals surface area contributed by atoms with Crippen molar-refractivity contribution in [2.45, 2.75) is 26.2 Å². The number of hydrogen-bond donors (Lipinski definition) is 0. The lowest BCUT2D eigenvalue weighted by Crippen LogP contribution is -2.18. The highest BCUT2D eigenvalue weighted by molar-refractivity contribution is 5.83. The zero-order chi connectivity index (χ0) is 15.4. The summed E-state index contributed by atoms with van der Waals surface area (Å²) in [6, 6.07) is 17.8. The van der Waals surface area contributed by atoms with Gasteiger partial charge in [-0.1, -0.05) is 61.5 Å². The van der Waals surface area contributed by atoms with Crippen LogP contribution in [0.2, 0.25) is 0 Å². The van der Waals surface area contributed by atoms with E-state index in [1.165, 1.54) is 27.8 Å². The van der Waals surface area contributed by atoms with Gasteiger partial charge in [0, 0.05) is 6.54 Å². The minimum Gasteiger partial charge on any atom is -0.306 e. The molecule has 2 aromatic rings. The first-order valence-electron chi connectivity index (χ1n) is 8.35. The second-order valence-corrected chi connectivity index (χ2v) is 6.12. The molecular weight excluding hydrogens is 266 g/mol. The molecule has 22 heavy (non-hydrogen) atoms. The minimum absolute atomic E-state index is 1.10. The predicted molar refractivity (Wildman–Crippen MR) is 95.2 cm³/mol. The Morgan fingerprint density at radius 3 is 2.00 bits per heavy atom. The summed E-state index contributed by atoms with van der Waals surface area (Å²) in [5, 5.41) is 0. The van der Waals surface area contributed by atoms with E-state index in [-0.39, 0.29) is 0 Å². The maximum Gasteiger partial charge on any atom is 0.00131 e. The van der Waals surface area contributed by atoms with Crippen LogP contribution in [-0.2, 0) is 12.8 Å². The Morgan fingerprint density at radius 1 is 0.909 bits per heavy atom. The lowest BCUT2D eigenvalue weighted by molar-refractivity contribution is 0.360. The third-order valence-electron chi connectivity index (χ3n) is 4.68. The number of hydrogen-bond acceptors (Lipinski definition) is 1. The van der Waals surface area contributed by atoms with Crippen molar-refractivity contribution in [3.05, 3.63) is 76.9 Å². The van der Waals surface area contributed by atoms with Crippen molar-refractivity contribution in [1.29, 1.82) is 0 Å². The number of fused-ring (bicyclic) bond motifs is 2. The summed E-state index contributed by atoms with van der Waals surface area (Å²) in [5.74, 6) is 0. The van der Waals surface area contributed by atoms with Gasteiger partial charge >= 0.3 is 0 Å². The highest BCUT2D eigenvalue weighted by Crippen LogP contribution is 2.33. The van der Waals surface area contributed by atoms with Crippen molar-refractivity contribution in [3.63, 3.8) is 0 Å². The second-order valence-electron chi connectivity index (χ2n) is 6.12.